The highest BCUT2D eigenvalue weighted by Crippen LogP contribution is 2.08. The molecule has 2 rings (SSSR count). The summed E-state index contributed by atoms with van der Waals surface area (Å²) < 4.78 is 7.26. The van der Waals surface area contributed by atoms with Crippen molar-refractivity contribution in [2.24, 2.45) is 0 Å². The monoisotopic (exact) mass is 293 g/mol. The zero-order valence-electron chi connectivity index (χ0n) is 12.4. The molecule has 1 aliphatic heterocycles. The number of rotatable bonds is 6. The molecule has 116 valence electrons. The first-order valence-corrected chi connectivity index (χ1v) is 7.51. The van der Waals surface area contributed by atoms with Gasteiger partial charge in [-0.15, -0.1) is 0 Å². The molecule has 0 unspecified atom stereocenters. The molecule has 2 heterocycles. The number of ether oxygens (including phenoxy) is 1. The topological polar surface area (TPSA) is 72.4 Å². The molecule has 1 aromatic heterocycles. The minimum Gasteiger partial charge on any atom is -0.378 e. The minimum absolute atomic E-state index is 0.0651. The fourth-order valence-electron chi connectivity index (χ4n) is 2.36. The summed E-state index contributed by atoms with van der Waals surface area (Å²) in [6.45, 7) is 4.87. The van der Waals surface area contributed by atoms with Crippen LogP contribution in [0, 0.1) is 0 Å². The Morgan fingerprint density at radius 2 is 2.19 bits per heavy atom. The molecular formula is C15H23N3O3. The van der Waals surface area contributed by atoms with E-state index in [1.807, 2.05) is 6.92 Å². The number of piperidine rings is 1. The van der Waals surface area contributed by atoms with E-state index in [0.29, 0.717) is 25.3 Å². The highest BCUT2D eigenvalue weighted by atomic mass is 16.5. The molecule has 0 atom stereocenters. The van der Waals surface area contributed by atoms with E-state index >= 15 is 0 Å². The average molecular weight is 293 g/mol. The van der Waals surface area contributed by atoms with Gasteiger partial charge in [0.05, 0.1) is 24.8 Å². The van der Waals surface area contributed by atoms with Crippen molar-refractivity contribution < 1.29 is 9.53 Å². The summed E-state index contributed by atoms with van der Waals surface area (Å²) in [5.41, 5.74) is 0.577. The maximum Gasteiger partial charge on any atom is 0.250 e. The Bertz CT molecular complexity index is 521. The van der Waals surface area contributed by atoms with Crippen molar-refractivity contribution in [3.8, 4) is 0 Å². The number of carbonyl (C=O) groups is 1. The third-order valence-electron chi connectivity index (χ3n) is 3.58. The van der Waals surface area contributed by atoms with E-state index in [9.17, 15) is 9.59 Å². The molecule has 1 aliphatic rings. The largest absolute Gasteiger partial charge is 0.378 e. The number of hydrogen-bond donors (Lipinski definition) is 2. The van der Waals surface area contributed by atoms with Crippen molar-refractivity contribution >= 4 is 11.6 Å². The summed E-state index contributed by atoms with van der Waals surface area (Å²) in [7, 11) is 0. The summed E-state index contributed by atoms with van der Waals surface area (Å²) in [6, 6.07) is 3.09. The standard InChI is InChI=1S/C15H23N3O3/c1-2-18-11-12(3-4-15(18)20)17-14(19)7-10-21-13-5-8-16-9-6-13/h3-4,11,13,16H,2,5-10H2,1H3,(H,17,19). The Morgan fingerprint density at radius 3 is 2.90 bits per heavy atom. The van der Waals surface area contributed by atoms with Crippen LogP contribution in [0.4, 0.5) is 5.69 Å². The van der Waals surface area contributed by atoms with E-state index in [1.165, 1.54) is 6.07 Å². The molecule has 1 fully saturated rings. The predicted octanol–water partition coefficient (Wildman–Crippen LogP) is 0.965. The minimum atomic E-state index is -0.0924. The summed E-state index contributed by atoms with van der Waals surface area (Å²) in [5.74, 6) is -0.0924. The van der Waals surface area contributed by atoms with E-state index in [-0.39, 0.29) is 17.6 Å². The first kappa shape index (κ1) is 15.7. The second-order valence-electron chi connectivity index (χ2n) is 5.16. The van der Waals surface area contributed by atoms with Crippen LogP contribution in [0.15, 0.2) is 23.1 Å². The number of aryl methyl sites for hydroxylation is 1. The highest BCUT2D eigenvalue weighted by molar-refractivity contribution is 5.90. The van der Waals surface area contributed by atoms with Gasteiger partial charge in [0, 0.05) is 18.8 Å². The first-order valence-electron chi connectivity index (χ1n) is 7.51. The van der Waals surface area contributed by atoms with Crippen molar-refractivity contribution in [3.05, 3.63) is 28.7 Å². The smallest absolute Gasteiger partial charge is 0.250 e. The van der Waals surface area contributed by atoms with Crippen molar-refractivity contribution in [2.75, 3.05) is 25.0 Å². The van der Waals surface area contributed by atoms with Crippen LogP contribution in [0.25, 0.3) is 0 Å². The molecule has 1 amide bonds. The number of carbonyl (C=O) groups excluding carboxylic acids is 1. The molecule has 0 spiro atoms. The number of nitrogens with one attached hydrogen (secondary N) is 2. The lowest BCUT2D eigenvalue weighted by atomic mass is 10.1. The molecule has 0 saturated carbocycles. The lowest BCUT2D eigenvalue weighted by molar-refractivity contribution is -0.117. The van der Waals surface area contributed by atoms with Gasteiger partial charge in [0.15, 0.2) is 0 Å². The van der Waals surface area contributed by atoms with Gasteiger partial charge in [0.1, 0.15) is 0 Å². The van der Waals surface area contributed by atoms with E-state index in [2.05, 4.69) is 10.6 Å². The number of pyridine rings is 1. The van der Waals surface area contributed by atoms with Crippen LogP contribution in [0.2, 0.25) is 0 Å². The fraction of sp³-hybridized carbons (Fsp3) is 0.600. The molecule has 0 bridgehead atoms. The van der Waals surface area contributed by atoms with Crippen LogP contribution < -0.4 is 16.2 Å². The van der Waals surface area contributed by atoms with Gasteiger partial charge >= 0.3 is 0 Å². The Morgan fingerprint density at radius 1 is 1.43 bits per heavy atom. The molecule has 6 heteroatoms. The quantitative estimate of drug-likeness (QED) is 0.819. The number of anilines is 1. The SMILES string of the molecule is CCn1cc(NC(=O)CCOC2CCNCC2)ccc1=O. The van der Waals surface area contributed by atoms with Crippen molar-refractivity contribution in [1.82, 2.24) is 9.88 Å². The number of aromatic nitrogens is 1. The number of nitrogens with zero attached hydrogens (tertiary/aromatic N) is 1. The van der Waals surface area contributed by atoms with Crippen molar-refractivity contribution in [3.63, 3.8) is 0 Å². The van der Waals surface area contributed by atoms with Gasteiger partial charge in [-0.3, -0.25) is 9.59 Å². The van der Waals surface area contributed by atoms with Crippen LogP contribution in [0.5, 0.6) is 0 Å². The lowest BCUT2D eigenvalue weighted by Crippen LogP contribution is -2.33. The van der Waals surface area contributed by atoms with E-state index in [0.717, 1.165) is 25.9 Å². The van der Waals surface area contributed by atoms with Crippen LogP contribution in [-0.2, 0) is 16.1 Å². The summed E-state index contributed by atoms with van der Waals surface area (Å²) in [4.78, 5) is 23.3. The third kappa shape index (κ3) is 4.99. The van der Waals surface area contributed by atoms with Gasteiger partial charge in [-0.05, 0) is 38.9 Å². The average Bonchev–Trinajstić information content (AvgIpc) is 2.50. The van der Waals surface area contributed by atoms with Crippen LogP contribution in [-0.4, -0.2) is 36.3 Å². The normalized spacial score (nSPS) is 15.9. The van der Waals surface area contributed by atoms with E-state index < -0.39 is 0 Å². The summed E-state index contributed by atoms with van der Waals surface area (Å²) >= 11 is 0. The van der Waals surface area contributed by atoms with Gasteiger partial charge in [0.25, 0.3) is 5.56 Å². The molecular weight excluding hydrogens is 270 g/mol. The molecule has 2 N–H and O–H groups in total. The Hall–Kier alpha value is -1.66. The molecule has 1 saturated heterocycles. The maximum absolute atomic E-state index is 11.8. The Kier molecular flexibility index (Phi) is 5.95. The van der Waals surface area contributed by atoms with Gasteiger partial charge in [-0.2, -0.15) is 0 Å². The number of hydrogen-bond acceptors (Lipinski definition) is 4. The predicted molar refractivity (Wildman–Crippen MR) is 81.5 cm³/mol. The van der Waals surface area contributed by atoms with Crippen LogP contribution >= 0.6 is 0 Å². The second-order valence-corrected chi connectivity index (χ2v) is 5.16. The summed E-state index contributed by atoms with van der Waals surface area (Å²) in [5, 5.41) is 6.07. The highest BCUT2D eigenvalue weighted by Gasteiger charge is 2.13. The molecule has 0 radical (unpaired) electrons. The maximum atomic E-state index is 11.8. The first-order chi connectivity index (χ1) is 10.2. The molecule has 0 aromatic carbocycles. The van der Waals surface area contributed by atoms with Crippen LogP contribution in [0.1, 0.15) is 26.2 Å². The van der Waals surface area contributed by atoms with E-state index in [1.54, 1.807) is 16.8 Å². The van der Waals surface area contributed by atoms with Crippen LogP contribution in [0.3, 0.4) is 0 Å². The van der Waals surface area contributed by atoms with Crippen molar-refractivity contribution in [1.29, 1.82) is 0 Å². The van der Waals surface area contributed by atoms with Gasteiger partial charge in [-0.25, -0.2) is 0 Å². The Labute approximate surface area is 124 Å². The van der Waals surface area contributed by atoms with Gasteiger partial charge in [0.2, 0.25) is 5.91 Å². The molecule has 1 aromatic rings. The Balaban J connectivity index is 1.75. The lowest BCUT2D eigenvalue weighted by Gasteiger charge is -2.22. The molecule has 6 nitrogen and oxygen atoms in total. The second kappa shape index (κ2) is 7.95. The molecule has 0 aliphatic carbocycles. The van der Waals surface area contributed by atoms with E-state index in [4.69, 9.17) is 4.74 Å². The summed E-state index contributed by atoms with van der Waals surface area (Å²) in [6.07, 6.45) is 4.26. The molecule has 21 heavy (non-hydrogen) atoms. The fourth-order valence-corrected chi connectivity index (χ4v) is 2.36. The van der Waals surface area contributed by atoms with Crippen molar-refractivity contribution in [2.45, 2.75) is 38.8 Å². The third-order valence-corrected chi connectivity index (χ3v) is 3.58. The van der Waals surface area contributed by atoms with Gasteiger partial charge < -0.3 is 19.9 Å². The zero-order valence-corrected chi connectivity index (χ0v) is 12.4. The van der Waals surface area contributed by atoms with Gasteiger partial charge in [-0.1, -0.05) is 0 Å². The number of amides is 1. The zero-order chi connectivity index (χ0) is 15.1.